The number of rotatable bonds is 4. The molecule has 1 N–H and O–H groups in total. The second-order valence-electron chi connectivity index (χ2n) is 7.73. The Morgan fingerprint density at radius 2 is 1.87 bits per heavy atom. The van der Waals surface area contributed by atoms with Crippen molar-refractivity contribution in [1.29, 1.82) is 0 Å². The number of benzene rings is 2. The summed E-state index contributed by atoms with van der Waals surface area (Å²) in [5.74, 6) is -2.26. The number of nitrogens with one attached hydrogen (secondary N) is 1. The molecule has 2 aliphatic heterocycles. The van der Waals surface area contributed by atoms with Gasteiger partial charge in [-0.05, 0) is 43.0 Å². The Labute approximate surface area is 186 Å². The quantitative estimate of drug-likeness (QED) is 0.530. The van der Waals surface area contributed by atoms with Gasteiger partial charge in [0.05, 0.1) is 5.02 Å². The molecule has 0 radical (unpaired) electrons. The fourth-order valence-corrected chi connectivity index (χ4v) is 6.87. The molecule has 164 valence electrons. The lowest BCUT2D eigenvalue weighted by atomic mass is 9.95. The molecule has 0 spiro atoms. The van der Waals surface area contributed by atoms with E-state index >= 15 is 0 Å². The molecule has 0 aromatic heterocycles. The zero-order chi connectivity index (χ0) is 20.6. The highest BCUT2D eigenvalue weighted by atomic mass is 35.5. The van der Waals surface area contributed by atoms with Crippen LogP contribution in [0.25, 0.3) is 0 Å². The Kier molecular flexibility index (Phi) is 7.40. The van der Waals surface area contributed by atoms with Crippen LogP contribution in [0.4, 0.5) is 8.78 Å². The van der Waals surface area contributed by atoms with Crippen LogP contribution in [0.2, 0.25) is 5.02 Å². The first-order valence-electron chi connectivity index (χ1n) is 9.78. The summed E-state index contributed by atoms with van der Waals surface area (Å²) >= 11 is 5.80. The summed E-state index contributed by atoms with van der Waals surface area (Å²) in [5.41, 5.74) is 2.29. The summed E-state index contributed by atoms with van der Waals surface area (Å²) in [7, 11) is -4.11. The van der Waals surface area contributed by atoms with E-state index in [0.29, 0.717) is 25.7 Å². The van der Waals surface area contributed by atoms with Gasteiger partial charge in [-0.3, -0.25) is 4.90 Å². The molecular formula is C21H24Cl2F2N2O2S. The molecule has 2 aromatic carbocycles. The van der Waals surface area contributed by atoms with Crippen LogP contribution in [-0.2, 0) is 22.8 Å². The number of piperidine rings is 1. The molecule has 2 atom stereocenters. The summed E-state index contributed by atoms with van der Waals surface area (Å²) in [6.07, 6.45) is 2.31. The third kappa shape index (κ3) is 4.50. The lowest BCUT2D eigenvalue weighted by molar-refractivity contribution is 0.161. The topological polar surface area (TPSA) is 49.4 Å². The maximum atomic E-state index is 14.5. The number of halogens is 4. The molecule has 0 saturated carbocycles. The van der Waals surface area contributed by atoms with E-state index in [9.17, 15) is 17.2 Å². The van der Waals surface area contributed by atoms with E-state index in [2.05, 4.69) is 11.4 Å². The van der Waals surface area contributed by atoms with E-state index in [1.165, 1.54) is 5.56 Å². The molecule has 4 rings (SSSR count). The first-order valence-corrected chi connectivity index (χ1v) is 11.7. The van der Waals surface area contributed by atoms with Gasteiger partial charge in [0, 0.05) is 31.6 Å². The van der Waals surface area contributed by atoms with Crippen LogP contribution in [-0.4, -0.2) is 38.3 Å². The van der Waals surface area contributed by atoms with Crippen molar-refractivity contribution in [3.8, 4) is 0 Å². The third-order valence-electron chi connectivity index (χ3n) is 5.86. The van der Waals surface area contributed by atoms with Gasteiger partial charge in [0.15, 0.2) is 9.84 Å². The Morgan fingerprint density at radius 3 is 2.57 bits per heavy atom. The zero-order valence-electron chi connectivity index (χ0n) is 16.3. The summed E-state index contributed by atoms with van der Waals surface area (Å²) in [5, 5.41) is 1.96. The molecule has 4 nitrogen and oxygen atoms in total. The van der Waals surface area contributed by atoms with Crippen molar-refractivity contribution in [3.05, 3.63) is 64.2 Å². The Hall–Kier alpha value is -1.25. The first-order chi connectivity index (χ1) is 13.9. The molecule has 30 heavy (non-hydrogen) atoms. The number of hydrogen-bond donors (Lipinski definition) is 1. The predicted molar refractivity (Wildman–Crippen MR) is 116 cm³/mol. The molecule has 0 aliphatic carbocycles. The molecule has 1 fully saturated rings. The average molecular weight is 477 g/mol. The van der Waals surface area contributed by atoms with Crippen LogP contribution in [0.15, 0.2) is 41.3 Å². The van der Waals surface area contributed by atoms with E-state index in [-0.39, 0.29) is 18.3 Å². The van der Waals surface area contributed by atoms with Crippen molar-refractivity contribution in [2.45, 2.75) is 36.1 Å². The molecule has 0 bridgehead atoms. The minimum atomic E-state index is -4.11. The Balaban J connectivity index is 0.00000256. The van der Waals surface area contributed by atoms with Crippen molar-refractivity contribution >= 4 is 33.8 Å². The molecule has 1 saturated heterocycles. The number of sulfone groups is 1. The predicted octanol–water partition coefficient (Wildman–Crippen LogP) is 4.20. The van der Waals surface area contributed by atoms with Crippen LogP contribution in [0.1, 0.15) is 24.0 Å². The highest BCUT2D eigenvalue weighted by Gasteiger charge is 2.42. The smallest absolute Gasteiger partial charge is 0.197 e. The van der Waals surface area contributed by atoms with Crippen LogP contribution >= 0.6 is 24.0 Å². The van der Waals surface area contributed by atoms with Gasteiger partial charge in [-0.15, -0.1) is 12.4 Å². The number of hydrogen-bond acceptors (Lipinski definition) is 4. The van der Waals surface area contributed by atoms with Gasteiger partial charge in [0.1, 0.15) is 21.9 Å². The number of fused-ring (bicyclic) bond motifs is 1. The zero-order valence-corrected chi connectivity index (χ0v) is 18.7. The molecule has 2 aromatic rings. The van der Waals surface area contributed by atoms with E-state index in [0.717, 1.165) is 37.4 Å². The van der Waals surface area contributed by atoms with Gasteiger partial charge in [-0.1, -0.05) is 35.9 Å². The fraction of sp³-hybridized carbons (Fsp3) is 0.429. The SMILES string of the molecule is Cl.O=S(=O)(c1cc(Cl)c(F)cc1F)C(C1CCCNC1)N1CCc2ccccc2C1. The molecule has 2 unspecified atom stereocenters. The van der Waals surface area contributed by atoms with Gasteiger partial charge in [0.2, 0.25) is 0 Å². The molecule has 0 amide bonds. The second-order valence-corrected chi connectivity index (χ2v) is 10.1. The maximum absolute atomic E-state index is 14.5. The summed E-state index contributed by atoms with van der Waals surface area (Å²) < 4.78 is 55.5. The lowest BCUT2D eigenvalue weighted by Gasteiger charge is -2.40. The summed E-state index contributed by atoms with van der Waals surface area (Å²) in [6, 6.07) is 9.42. The van der Waals surface area contributed by atoms with Crippen molar-refractivity contribution < 1.29 is 17.2 Å². The summed E-state index contributed by atoms with van der Waals surface area (Å²) in [6.45, 7) is 2.42. The maximum Gasteiger partial charge on any atom is 0.197 e. The van der Waals surface area contributed by atoms with Crippen LogP contribution in [0.5, 0.6) is 0 Å². The molecule has 2 aliphatic rings. The highest BCUT2D eigenvalue weighted by Crippen LogP contribution is 2.34. The molecule has 2 heterocycles. The van der Waals surface area contributed by atoms with Crippen molar-refractivity contribution in [2.24, 2.45) is 5.92 Å². The monoisotopic (exact) mass is 476 g/mol. The van der Waals surface area contributed by atoms with Crippen LogP contribution < -0.4 is 5.32 Å². The van der Waals surface area contributed by atoms with Crippen LogP contribution in [0, 0.1) is 17.6 Å². The van der Waals surface area contributed by atoms with Gasteiger partial charge >= 0.3 is 0 Å². The van der Waals surface area contributed by atoms with Gasteiger partial charge in [0.25, 0.3) is 0 Å². The van der Waals surface area contributed by atoms with E-state index in [4.69, 9.17) is 11.6 Å². The first kappa shape index (κ1) is 23.4. The molecular weight excluding hydrogens is 453 g/mol. The van der Waals surface area contributed by atoms with Gasteiger partial charge < -0.3 is 5.32 Å². The fourth-order valence-electron chi connectivity index (χ4n) is 4.46. The van der Waals surface area contributed by atoms with Gasteiger partial charge in [-0.25, -0.2) is 17.2 Å². The van der Waals surface area contributed by atoms with E-state index in [1.807, 2.05) is 23.1 Å². The average Bonchev–Trinajstić information content (AvgIpc) is 2.71. The van der Waals surface area contributed by atoms with Crippen molar-refractivity contribution in [3.63, 3.8) is 0 Å². The van der Waals surface area contributed by atoms with Crippen molar-refractivity contribution in [1.82, 2.24) is 10.2 Å². The number of nitrogens with zero attached hydrogens (tertiary/aromatic N) is 1. The van der Waals surface area contributed by atoms with E-state index < -0.39 is 36.8 Å². The standard InChI is InChI=1S/C21H23ClF2N2O2S.ClH/c22-17-10-20(19(24)11-18(17)23)29(27,28)21(15-6-3-8-25-12-15)26-9-7-14-4-1-2-5-16(14)13-26;/h1-2,4-5,10-11,15,21,25H,3,6-9,12-13H2;1H. The normalized spacial score (nSPS) is 20.8. The highest BCUT2D eigenvalue weighted by molar-refractivity contribution is 7.92. The minimum Gasteiger partial charge on any atom is -0.316 e. The van der Waals surface area contributed by atoms with Crippen molar-refractivity contribution in [2.75, 3.05) is 19.6 Å². The van der Waals surface area contributed by atoms with Gasteiger partial charge in [-0.2, -0.15) is 0 Å². The van der Waals surface area contributed by atoms with E-state index in [1.54, 1.807) is 0 Å². The lowest BCUT2D eigenvalue weighted by Crippen LogP contribution is -2.52. The molecule has 9 heteroatoms. The minimum absolute atomic E-state index is 0. The second kappa shape index (κ2) is 9.49. The Morgan fingerprint density at radius 1 is 1.13 bits per heavy atom. The van der Waals surface area contributed by atoms with Crippen LogP contribution in [0.3, 0.4) is 0 Å². The third-order valence-corrected chi connectivity index (χ3v) is 8.39. The Bertz CT molecular complexity index is 1010. The summed E-state index contributed by atoms with van der Waals surface area (Å²) in [4.78, 5) is 1.39. The largest absolute Gasteiger partial charge is 0.316 e.